The van der Waals surface area contributed by atoms with Crippen LogP contribution in [0.2, 0.25) is 0 Å². The normalized spacial score (nSPS) is 13.5. The zero-order valence-corrected chi connectivity index (χ0v) is 21.6. The fourth-order valence-corrected chi connectivity index (χ4v) is 3.72. The molecule has 3 atom stereocenters. The van der Waals surface area contributed by atoms with Crippen LogP contribution < -0.4 is 16.0 Å². The highest BCUT2D eigenvalue weighted by atomic mass is 16.4. The molecule has 1 rings (SSSR count). The van der Waals surface area contributed by atoms with Crippen LogP contribution in [0.4, 0.5) is 0 Å². The first-order chi connectivity index (χ1) is 16.6. The van der Waals surface area contributed by atoms with Crippen LogP contribution in [0.15, 0.2) is 30.3 Å². The quantitative estimate of drug-likeness (QED) is 0.249. The molecule has 0 saturated heterocycles. The van der Waals surface area contributed by atoms with Gasteiger partial charge < -0.3 is 21.1 Å². The summed E-state index contributed by atoms with van der Waals surface area (Å²) in [6.07, 6.45) is 8.26. The Morgan fingerprint density at radius 1 is 0.800 bits per heavy atom. The molecule has 0 aliphatic heterocycles. The van der Waals surface area contributed by atoms with Crippen molar-refractivity contribution >= 4 is 23.7 Å². The maximum absolute atomic E-state index is 13.1. The van der Waals surface area contributed by atoms with Crippen molar-refractivity contribution in [3.63, 3.8) is 0 Å². The second kappa shape index (κ2) is 16.7. The number of hydrogen-bond donors (Lipinski definition) is 4. The van der Waals surface area contributed by atoms with Crippen LogP contribution in [-0.2, 0) is 25.6 Å². The fourth-order valence-electron chi connectivity index (χ4n) is 3.72. The highest BCUT2D eigenvalue weighted by Gasteiger charge is 2.30. The van der Waals surface area contributed by atoms with Gasteiger partial charge in [0, 0.05) is 12.8 Å². The molecule has 0 heterocycles. The van der Waals surface area contributed by atoms with E-state index in [9.17, 15) is 19.2 Å². The second-order valence-electron chi connectivity index (χ2n) is 9.48. The van der Waals surface area contributed by atoms with E-state index in [4.69, 9.17) is 5.11 Å². The van der Waals surface area contributed by atoms with Crippen molar-refractivity contribution in [3.05, 3.63) is 35.9 Å². The van der Waals surface area contributed by atoms with Gasteiger partial charge >= 0.3 is 5.97 Å². The van der Waals surface area contributed by atoms with E-state index < -0.39 is 35.9 Å². The Bertz CT molecular complexity index is 797. The SMILES string of the molecule is CCCCCCCCCC(=O)N[C@H](C(=O)N[C@@H](Cc1ccccc1)C(=O)N[C@@H](C)C(=O)O)C(C)C. The second-order valence-corrected chi connectivity index (χ2v) is 9.48. The summed E-state index contributed by atoms with van der Waals surface area (Å²) >= 11 is 0. The molecule has 0 bridgehead atoms. The van der Waals surface area contributed by atoms with Gasteiger partial charge in [0.05, 0.1) is 0 Å². The lowest BCUT2D eigenvalue weighted by Crippen LogP contribution is -2.57. The first-order valence-electron chi connectivity index (χ1n) is 12.8. The number of carbonyl (C=O) groups is 4. The number of unbranched alkanes of at least 4 members (excludes halogenated alkanes) is 6. The molecule has 0 radical (unpaired) electrons. The van der Waals surface area contributed by atoms with Crippen LogP contribution in [-0.4, -0.2) is 46.9 Å². The molecule has 35 heavy (non-hydrogen) atoms. The number of aliphatic carboxylic acids is 1. The van der Waals surface area contributed by atoms with E-state index in [1.165, 1.54) is 32.6 Å². The van der Waals surface area contributed by atoms with Gasteiger partial charge in [0.25, 0.3) is 0 Å². The summed E-state index contributed by atoms with van der Waals surface area (Å²) in [6, 6.07) is 6.29. The van der Waals surface area contributed by atoms with Crippen LogP contribution in [0.25, 0.3) is 0 Å². The largest absolute Gasteiger partial charge is 0.480 e. The highest BCUT2D eigenvalue weighted by Crippen LogP contribution is 2.10. The molecular formula is C27H43N3O5. The molecule has 0 aromatic heterocycles. The van der Waals surface area contributed by atoms with Crippen LogP contribution in [0.5, 0.6) is 0 Å². The predicted octanol–water partition coefficient (Wildman–Crippen LogP) is 3.58. The number of benzene rings is 1. The minimum Gasteiger partial charge on any atom is -0.480 e. The summed E-state index contributed by atoms with van der Waals surface area (Å²) in [6.45, 7) is 7.20. The first-order valence-corrected chi connectivity index (χ1v) is 12.8. The molecule has 0 saturated carbocycles. The lowest BCUT2D eigenvalue weighted by atomic mass is 10.0. The van der Waals surface area contributed by atoms with E-state index >= 15 is 0 Å². The zero-order chi connectivity index (χ0) is 26.2. The molecule has 0 aliphatic carbocycles. The van der Waals surface area contributed by atoms with Crippen LogP contribution in [0.3, 0.4) is 0 Å². The molecule has 1 aromatic rings. The van der Waals surface area contributed by atoms with Gasteiger partial charge in [-0.3, -0.25) is 19.2 Å². The van der Waals surface area contributed by atoms with Crippen LogP contribution in [0.1, 0.15) is 84.6 Å². The number of rotatable bonds is 17. The lowest BCUT2D eigenvalue weighted by Gasteiger charge is -2.26. The molecule has 3 amide bonds. The highest BCUT2D eigenvalue weighted by molar-refractivity contribution is 5.93. The van der Waals surface area contributed by atoms with Gasteiger partial charge in [0.2, 0.25) is 17.7 Å². The number of nitrogens with one attached hydrogen (secondary N) is 3. The summed E-state index contributed by atoms with van der Waals surface area (Å²) in [5.41, 5.74) is 0.819. The predicted molar refractivity (Wildman–Crippen MR) is 137 cm³/mol. The molecule has 0 unspecified atom stereocenters. The molecule has 8 heteroatoms. The van der Waals surface area contributed by atoms with Gasteiger partial charge in [-0.25, -0.2) is 0 Å². The topological polar surface area (TPSA) is 125 Å². The van der Waals surface area contributed by atoms with Crippen molar-refractivity contribution in [2.45, 2.75) is 104 Å². The number of carbonyl (C=O) groups excluding carboxylic acids is 3. The fraction of sp³-hybridized carbons (Fsp3) is 0.630. The van der Waals surface area contributed by atoms with E-state index in [0.29, 0.717) is 6.42 Å². The molecule has 0 spiro atoms. The number of amides is 3. The summed E-state index contributed by atoms with van der Waals surface area (Å²) in [7, 11) is 0. The van der Waals surface area contributed by atoms with Crippen molar-refractivity contribution < 1.29 is 24.3 Å². The monoisotopic (exact) mass is 489 g/mol. The number of carboxylic acid groups (broad SMARTS) is 1. The Kier molecular flexibility index (Phi) is 14.4. The average Bonchev–Trinajstić information content (AvgIpc) is 2.81. The minimum atomic E-state index is -1.17. The summed E-state index contributed by atoms with van der Waals surface area (Å²) < 4.78 is 0. The maximum atomic E-state index is 13.1. The van der Waals surface area contributed by atoms with Gasteiger partial charge in [0.1, 0.15) is 18.1 Å². The molecule has 0 fully saturated rings. The number of hydrogen-bond acceptors (Lipinski definition) is 4. The van der Waals surface area contributed by atoms with Crippen molar-refractivity contribution in [2.24, 2.45) is 5.92 Å². The Morgan fingerprint density at radius 3 is 1.97 bits per heavy atom. The third-order valence-corrected chi connectivity index (χ3v) is 5.92. The standard InChI is InChI=1S/C27H43N3O5/c1-5-6-7-8-9-10-14-17-23(31)30-24(19(2)3)26(33)29-22(18-21-15-12-11-13-16-21)25(32)28-20(4)27(34)35/h11-13,15-16,19-20,22,24H,5-10,14,17-18H2,1-4H3,(H,28,32)(H,29,33)(H,30,31)(H,34,35)/t20-,22-,24-/m0/s1. The molecule has 8 nitrogen and oxygen atoms in total. The van der Waals surface area contributed by atoms with E-state index in [-0.39, 0.29) is 18.2 Å². The van der Waals surface area contributed by atoms with Crippen molar-refractivity contribution in [3.8, 4) is 0 Å². The first kappa shape index (κ1) is 30.1. The summed E-state index contributed by atoms with van der Waals surface area (Å²) in [4.78, 5) is 49.6. The molecule has 0 aliphatic rings. The van der Waals surface area contributed by atoms with E-state index in [0.717, 1.165) is 24.8 Å². The van der Waals surface area contributed by atoms with Gasteiger partial charge in [-0.05, 0) is 24.8 Å². The van der Waals surface area contributed by atoms with Crippen molar-refractivity contribution in [1.82, 2.24) is 16.0 Å². The number of carboxylic acids is 1. The minimum absolute atomic E-state index is 0.184. The van der Waals surface area contributed by atoms with E-state index in [2.05, 4.69) is 22.9 Å². The lowest BCUT2D eigenvalue weighted by molar-refractivity contribution is -0.141. The van der Waals surface area contributed by atoms with Gasteiger partial charge in [-0.2, -0.15) is 0 Å². The molecule has 1 aromatic carbocycles. The van der Waals surface area contributed by atoms with Crippen LogP contribution in [0, 0.1) is 5.92 Å². The Hall–Kier alpha value is -2.90. The van der Waals surface area contributed by atoms with Crippen LogP contribution >= 0.6 is 0 Å². The molecular weight excluding hydrogens is 446 g/mol. The third kappa shape index (κ3) is 12.4. The maximum Gasteiger partial charge on any atom is 0.325 e. The Balaban J connectivity index is 2.74. The summed E-state index contributed by atoms with van der Waals surface area (Å²) in [5.74, 6) is -2.59. The average molecular weight is 490 g/mol. The van der Waals surface area contributed by atoms with Crippen molar-refractivity contribution in [2.75, 3.05) is 0 Å². The molecule has 4 N–H and O–H groups in total. The van der Waals surface area contributed by atoms with E-state index in [1.54, 1.807) is 0 Å². The van der Waals surface area contributed by atoms with E-state index in [1.807, 2.05) is 44.2 Å². The Labute approximate surface area is 209 Å². The van der Waals surface area contributed by atoms with Crippen molar-refractivity contribution in [1.29, 1.82) is 0 Å². The zero-order valence-electron chi connectivity index (χ0n) is 21.6. The Morgan fingerprint density at radius 2 is 1.40 bits per heavy atom. The van der Waals surface area contributed by atoms with Gasteiger partial charge in [0.15, 0.2) is 0 Å². The third-order valence-electron chi connectivity index (χ3n) is 5.92. The van der Waals surface area contributed by atoms with Gasteiger partial charge in [-0.15, -0.1) is 0 Å². The molecule has 196 valence electrons. The smallest absolute Gasteiger partial charge is 0.325 e. The van der Waals surface area contributed by atoms with Gasteiger partial charge in [-0.1, -0.05) is 89.6 Å². The summed E-state index contributed by atoms with van der Waals surface area (Å²) in [5, 5.41) is 17.1.